The van der Waals surface area contributed by atoms with Gasteiger partial charge in [-0.2, -0.15) is 5.10 Å². The van der Waals surface area contributed by atoms with Crippen molar-refractivity contribution in [3.8, 4) is 17.0 Å². The predicted octanol–water partition coefficient (Wildman–Crippen LogP) is 3.30. The number of carbonyl (C=O) groups excluding carboxylic acids is 1. The first-order valence-electron chi connectivity index (χ1n) is 10.9. The van der Waals surface area contributed by atoms with E-state index in [4.69, 9.17) is 9.72 Å². The standard InChI is InChI=1S/C23H28N4O4S/c1-4-5-11-24-23(28)19-13-20(16-6-8-18(31-3)9-7-16)25-22-21(19)15(2)26-27(22)17-10-12-32(29,30)14-17/h6-9,13,17H,4-5,10-12,14H2,1-3H3,(H,24,28). The molecule has 1 N–H and O–H groups in total. The largest absolute Gasteiger partial charge is 0.497 e. The van der Waals surface area contributed by atoms with Gasteiger partial charge in [0.15, 0.2) is 15.5 Å². The molecule has 1 aliphatic rings. The zero-order chi connectivity index (χ0) is 22.9. The Labute approximate surface area is 187 Å². The van der Waals surface area contributed by atoms with E-state index in [-0.39, 0.29) is 23.5 Å². The van der Waals surface area contributed by atoms with Crippen LogP contribution in [0.25, 0.3) is 22.3 Å². The molecule has 170 valence electrons. The molecule has 9 heteroatoms. The number of amides is 1. The van der Waals surface area contributed by atoms with Crippen LogP contribution in [-0.2, 0) is 9.84 Å². The summed E-state index contributed by atoms with van der Waals surface area (Å²) in [5, 5.41) is 8.28. The average Bonchev–Trinajstić information content (AvgIpc) is 3.32. The molecule has 1 saturated heterocycles. The SMILES string of the molecule is CCCCNC(=O)c1cc(-c2ccc(OC)cc2)nc2c1c(C)nn2C1CCS(=O)(=O)C1. The van der Waals surface area contributed by atoms with E-state index in [9.17, 15) is 13.2 Å². The number of aromatic nitrogens is 3. The molecule has 2 aromatic heterocycles. The molecular weight excluding hydrogens is 428 g/mol. The van der Waals surface area contributed by atoms with Crippen LogP contribution < -0.4 is 10.1 Å². The summed E-state index contributed by atoms with van der Waals surface area (Å²) in [5.41, 5.74) is 3.17. The molecule has 1 atom stereocenters. The Bertz CT molecular complexity index is 1250. The average molecular weight is 457 g/mol. The minimum Gasteiger partial charge on any atom is -0.497 e. The smallest absolute Gasteiger partial charge is 0.252 e. The lowest BCUT2D eigenvalue weighted by Gasteiger charge is -2.12. The highest BCUT2D eigenvalue weighted by Crippen LogP contribution is 2.32. The zero-order valence-corrected chi connectivity index (χ0v) is 19.4. The minimum atomic E-state index is -3.10. The number of carbonyl (C=O) groups is 1. The van der Waals surface area contributed by atoms with E-state index in [1.54, 1.807) is 17.9 Å². The number of nitrogens with one attached hydrogen (secondary N) is 1. The van der Waals surface area contributed by atoms with Gasteiger partial charge in [0.05, 0.1) is 47.0 Å². The third kappa shape index (κ3) is 4.34. The first-order chi connectivity index (χ1) is 15.3. The van der Waals surface area contributed by atoms with Gasteiger partial charge in [-0.15, -0.1) is 0 Å². The molecule has 0 bridgehead atoms. The lowest BCUT2D eigenvalue weighted by atomic mass is 10.0. The van der Waals surface area contributed by atoms with Crippen molar-refractivity contribution in [3.63, 3.8) is 0 Å². The maximum atomic E-state index is 13.1. The maximum Gasteiger partial charge on any atom is 0.252 e. The number of hydrogen-bond acceptors (Lipinski definition) is 6. The van der Waals surface area contributed by atoms with Crippen molar-refractivity contribution in [1.82, 2.24) is 20.1 Å². The highest BCUT2D eigenvalue weighted by Gasteiger charge is 2.32. The summed E-state index contributed by atoms with van der Waals surface area (Å²) >= 11 is 0. The van der Waals surface area contributed by atoms with E-state index in [1.165, 1.54) is 0 Å². The second-order valence-corrected chi connectivity index (χ2v) is 10.4. The van der Waals surface area contributed by atoms with Crippen LogP contribution in [0.2, 0.25) is 0 Å². The lowest BCUT2D eigenvalue weighted by Crippen LogP contribution is -2.25. The number of unbranched alkanes of at least 4 members (excludes halogenated alkanes) is 1. The van der Waals surface area contributed by atoms with Crippen LogP contribution in [-0.4, -0.2) is 54.2 Å². The third-order valence-electron chi connectivity index (χ3n) is 5.84. The van der Waals surface area contributed by atoms with Crippen molar-refractivity contribution in [2.75, 3.05) is 25.2 Å². The molecule has 0 saturated carbocycles. The van der Waals surface area contributed by atoms with Crippen LogP contribution in [0.15, 0.2) is 30.3 Å². The van der Waals surface area contributed by atoms with Gasteiger partial charge in [-0.25, -0.2) is 18.1 Å². The van der Waals surface area contributed by atoms with Crippen molar-refractivity contribution >= 4 is 26.8 Å². The van der Waals surface area contributed by atoms with Gasteiger partial charge in [0.2, 0.25) is 0 Å². The molecule has 1 unspecified atom stereocenters. The highest BCUT2D eigenvalue weighted by molar-refractivity contribution is 7.91. The Hall–Kier alpha value is -2.94. The van der Waals surface area contributed by atoms with Gasteiger partial charge in [0.1, 0.15) is 5.75 Å². The number of rotatable bonds is 7. The normalized spacial score (nSPS) is 17.5. The number of ether oxygens (including phenoxy) is 1. The summed E-state index contributed by atoms with van der Waals surface area (Å²) in [6.45, 7) is 4.49. The van der Waals surface area contributed by atoms with Gasteiger partial charge < -0.3 is 10.1 Å². The lowest BCUT2D eigenvalue weighted by molar-refractivity contribution is 0.0954. The van der Waals surface area contributed by atoms with Crippen LogP contribution in [0.5, 0.6) is 5.75 Å². The topological polar surface area (TPSA) is 103 Å². The molecule has 1 amide bonds. The summed E-state index contributed by atoms with van der Waals surface area (Å²) in [6.07, 6.45) is 2.37. The molecule has 3 aromatic rings. The molecule has 4 rings (SSSR count). The molecular formula is C23H28N4O4S. The summed E-state index contributed by atoms with van der Waals surface area (Å²) in [4.78, 5) is 17.9. The van der Waals surface area contributed by atoms with Crippen molar-refractivity contribution in [2.45, 2.75) is 39.2 Å². The number of aryl methyl sites for hydroxylation is 1. The second kappa shape index (κ2) is 8.90. The number of sulfone groups is 1. The zero-order valence-electron chi connectivity index (χ0n) is 18.6. The Morgan fingerprint density at radius 2 is 2.03 bits per heavy atom. The fourth-order valence-corrected chi connectivity index (χ4v) is 5.79. The number of benzene rings is 1. The van der Waals surface area contributed by atoms with Crippen molar-refractivity contribution in [3.05, 3.63) is 41.6 Å². The summed E-state index contributed by atoms with van der Waals surface area (Å²) in [6, 6.07) is 8.96. The number of hydrogen-bond donors (Lipinski definition) is 1. The van der Waals surface area contributed by atoms with Gasteiger partial charge >= 0.3 is 0 Å². The molecule has 0 aliphatic carbocycles. The van der Waals surface area contributed by atoms with Gasteiger partial charge in [-0.1, -0.05) is 13.3 Å². The van der Waals surface area contributed by atoms with Crippen LogP contribution in [0.4, 0.5) is 0 Å². The molecule has 1 aromatic carbocycles. The number of methoxy groups -OCH3 is 1. The predicted molar refractivity (Wildman–Crippen MR) is 124 cm³/mol. The Morgan fingerprint density at radius 3 is 2.66 bits per heavy atom. The molecule has 0 spiro atoms. The van der Waals surface area contributed by atoms with E-state index < -0.39 is 9.84 Å². The molecule has 8 nitrogen and oxygen atoms in total. The summed E-state index contributed by atoms with van der Waals surface area (Å²) in [7, 11) is -1.49. The third-order valence-corrected chi connectivity index (χ3v) is 7.59. The van der Waals surface area contributed by atoms with Crippen LogP contribution in [0, 0.1) is 6.92 Å². The van der Waals surface area contributed by atoms with E-state index in [2.05, 4.69) is 17.3 Å². The van der Waals surface area contributed by atoms with Crippen LogP contribution in [0.1, 0.15) is 48.3 Å². The van der Waals surface area contributed by atoms with Gasteiger partial charge in [0.25, 0.3) is 5.91 Å². The van der Waals surface area contributed by atoms with E-state index >= 15 is 0 Å². The quantitative estimate of drug-likeness (QED) is 0.547. The Morgan fingerprint density at radius 1 is 1.28 bits per heavy atom. The minimum absolute atomic E-state index is 0.0374. The number of fused-ring (bicyclic) bond motifs is 1. The van der Waals surface area contributed by atoms with Crippen molar-refractivity contribution < 1.29 is 17.9 Å². The highest BCUT2D eigenvalue weighted by atomic mass is 32.2. The van der Waals surface area contributed by atoms with Crippen molar-refractivity contribution in [1.29, 1.82) is 0 Å². The summed E-state index contributed by atoms with van der Waals surface area (Å²) in [5.74, 6) is 0.725. The fraction of sp³-hybridized carbons (Fsp3) is 0.435. The van der Waals surface area contributed by atoms with E-state index in [0.717, 1.165) is 24.2 Å². The summed E-state index contributed by atoms with van der Waals surface area (Å²) < 4.78 is 31.1. The number of nitrogens with zero attached hydrogens (tertiary/aromatic N) is 3. The van der Waals surface area contributed by atoms with E-state index in [1.807, 2.05) is 31.2 Å². The maximum absolute atomic E-state index is 13.1. The van der Waals surface area contributed by atoms with Crippen LogP contribution in [0.3, 0.4) is 0 Å². The molecule has 0 radical (unpaired) electrons. The second-order valence-electron chi connectivity index (χ2n) is 8.18. The monoisotopic (exact) mass is 456 g/mol. The molecule has 1 aliphatic heterocycles. The van der Waals surface area contributed by atoms with Gasteiger partial charge in [-0.3, -0.25) is 4.79 Å². The first kappa shape index (κ1) is 22.3. The molecule has 32 heavy (non-hydrogen) atoms. The van der Waals surface area contributed by atoms with Crippen LogP contribution >= 0.6 is 0 Å². The Balaban J connectivity index is 1.86. The van der Waals surface area contributed by atoms with Crippen molar-refractivity contribution in [2.24, 2.45) is 0 Å². The van der Waals surface area contributed by atoms with E-state index in [0.29, 0.717) is 41.0 Å². The molecule has 3 heterocycles. The molecule has 1 fully saturated rings. The first-order valence-corrected chi connectivity index (χ1v) is 12.7. The number of pyridine rings is 1. The van der Waals surface area contributed by atoms with Gasteiger partial charge in [-0.05, 0) is 50.1 Å². The fourth-order valence-electron chi connectivity index (χ4n) is 4.10. The van der Waals surface area contributed by atoms with Gasteiger partial charge in [0, 0.05) is 12.1 Å². The Kier molecular flexibility index (Phi) is 6.19.